The van der Waals surface area contributed by atoms with Crippen LogP contribution in [0.3, 0.4) is 0 Å². The third-order valence-corrected chi connectivity index (χ3v) is 4.04. The topological polar surface area (TPSA) is 56.6 Å². The second kappa shape index (κ2) is 5.77. The predicted octanol–water partition coefficient (Wildman–Crippen LogP) is 2.42. The summed E-state index contributed by atoms with van der Waals surface area (Å²) in [7, 11) is 0. The van der Waals surface area contributed by atoms with Crippen LogP contribution in [-0.2, 0) is 13.2 Å². The highest BCUT2D eigenvalue weighted by atomic mass is 16.3. The van der Waals surface area contributed by atoms with Crippen LogP contribution in [0.15, 0.2) is 24.4 Å². The standard InChI is InChI=1S/C16H20N2O2/c19-11-13-9-12(10-18-7-2-1-3-8-18)16(20)15-14(13)5-4-6-17-15/h4-6,9,19-20H,1-3,7-8,10-11H2. The summed E-state index contributed by atoms with van der Waals surface area (Å²) in [4.78, 5) is 6.62. The van der Waals surface area contributed by atoms with Crippen molar-refractivity contribution in [2.75, 3.05) is 13.1 Å². The Balaban J connectivity index is 1.99. The van der Waals surface area contributed by atoms with Crippen LogP contribution < -0.4 is 0 Å². The predicted molar refractivity (Wildman–Crippen MR) is 78.5 cm³/mol. The number of nitrogens with zero attached hydrogens (tertiary/aromatic N) is 2. The Hall–Kier alpha value is -1.65. The van der Waals surface area contributed by atoms with E-state index in [9.17, 15) is 10.2 Å². The summed E-state index contributed by atoms with van der Waals surface area (Å²) in [5.74, 6) is 0.253. The van der Waals surface area contributed by atoms with Crippen LogP contribution in [0.2, 0.25) is 0 Å². The number of likely N-dealkylation sites (tertiary alicyclic amines) is 1. The van der Waals surface area contributed by atoms with E-state index in [1.54, 1.807) is 6.20 Å². The van der Waals surface area contributed by atoms with Crippen LogP contribution in [0.4, 0.5) is 0 Å². The zero-order valence-electron chi connectivity index (χ0n) is 11.5. The molecule has 2 aromatic rings. The van der Waals surface area contributed by atoms with Crippen LogP contribution in [0.1, 0.15) is 30.4 Å². The monoisotopic (exact) mass is 272 g/mol. The van der Waals surface area contributed by atoms with Crippen molar-refractivity contribution in [2.45, 2.75) is 32.4 Å². The van der Waals surface area contributed by atoms with Gasteiger partial charge in [0.2, 0.25) is 0 Å². The lowest BCUT2D eigenvalue weighted by molar-refractivity contribution is 0.218. The van der Waals surface area contributed by atoms with Crippen molar-refractivity contribution in [3.05, 3.63) is 35.5 Å². The summed E-state index contributed by atoms with van der Waals surface area (Å²) in [6, 6.07) is 5.62. The molecule has 1 aromatic carbocycles. The van der Waals surface area contributed by atoms with Gasteiger partial charge in [-0.2, -0.15) is 0 Å². The van der Waals surface area contributed by atoms with Gasteiger partial charge >= 0.3 is 0 Å². The van der Waals surface area contributed by atoms with Gasteiger partial charge in [0.1, 0.15) is 11.3 Å². The average molecular weight is 272 g/mol. The fourth-order valence-corrected chi connectivity index (χ4v) is 2.97. The molecule has 1 fully saturated rings. The molecule has 4 heteroatoms. The molecular formula is C16H20N2O2. The van der Waals surface area contributed by atoms with Crippen LogP contribution in [-0.4, -0.2) is 33.2 Å². The van der Waals surface area contributed by atoms with Crippen molar-refractivity contribution in [1.29, 1.82) is 0 Å². The van der Waals surface area contributed by atoms with E-state index in [0.717, 1.165) is 36.1 Å². The van der Waals surface area contributed by atoms with Crippen molar-refractivity contribution in [3.63, 3.8) is 0 Å². The summed E-state index contributed by atoms with van der Waals surface area (Å²) < 4.78 is 0. The van der Waals surface area contributed by atoms with Crippen molar-refractivity contribution in [3.8, 4) is 5.75 Å². The minimum Gasteiger partial charge on any atom is -0.505 e. The quantitative estimate of drug-likeness (QED) is 0.901. The van der Waals surface area contributed by atoms with E-state index in [1.807, 2.05) is 18.2 Å². The average Bonchev–Trinajstić information content (AvgIpc) is 2.51. The van der Waals surface area contributed by atoms with Gasteiger partial charge in [-0.3, -0.25) is 9.88 Å². The Bertz CT molecular complexity index is 607. The van der Waals surface area contributed by atoms with Crippen LogP contribution in [0, 0.1) is 0 Å². The van der Waals surface area contributed by atoms with Crippen LogP contribution in [0.5, 0.6) is 5.75 Å². The number of aromatic nitrogens is 1. The highest BCUT2D eigenvalue weighted by molar-refractivity contribution is 5.88. The zero-order valence-corrected chi connectivity index (χ0v) is 11.5. The number of aromatic hydroxyl groups is 1. The molecule has 0 saturated carbocycles. The molecule has 1 saturated heterocycles. The van der Waals surface area contributed by atoms with E-state index < -0.39 is 0 Å². The molecule has 1 aromatic heterocycles. The molecule has 0 atom stereocenters. The number of piperidine rings is 1. The number of pyridine rings is 1. The first-order chi connectivity index (χ1) is 9.79. The number of benzene rings is 1. The molecule has 0 spiro atoms. The summed E-state index contributed by atoms with van der Waals surface area (Å²) in [6.45, 7) is 2.85. The lowest BCUT2D eigenvalue weighted by Crippen LogP contribution is -2.29. The number of fused-ring (bicyclic) bond motifs is 1. The molecule has 2 heterocycles. The van der Waals surface area contributed by atoms with Gasteiger partial charge in [0.05, 0.1) is 6.61 Å². The maximum Gasteiger partial charge on any atom is 0.146 e. The Morgan fingerprint density at radius 2 is 1.95 bits per heavy atom. The summed E-state index contributed by atoms with van der Waals surface area (Å²) in [5, 5.41) is 20.8. The van der Waals surface area contributed by atoms with Gasteiger partial charge in [-0.15, -0.1) is 0 Å². The maximum absolute atomic E-state index is 10.4. The molecule has 4 nitrogen and oxygen atoms in total. The Kier molecular flexibility index (Phi) is 3.85. The smallest absolute Gasteiger partial charge is 0.146 e. The molecule has 0 amide bonds. The second-order valence-corrected chi connectivity index (χ2v) is 5.44. The number of phenolic OH excluding ortho intramolecular Hbond substituents is 1. The number of phenols is 1. The maximum atomic E-state index is 10.4. The number of hydrogen-bond acceptors (Lipinski definition) is 4. The minimum atomic E-state index is -0.0323. The van der Waals surface area contributed by atoms with Gasteiger partial charge in [-0.1, -0.05) is 12.5 Å². The Labute approximate surface area is 118 Å². The molecule has 1 aliphatic rings. The van der Waals surface area contributed by atoms with Crippen molar-refractivity contribution in [1.82, 2.24) is 9.88 Å². The largest absolute Gasteiger partial charge is 0.505 e. The van der Waals surface area contributed by atoms with Crippen molar-refractivity contribution >= 4 is 10.9 Å². The molecule has 106 valence electrons. The van der Waals surface area contributed by atoms with E-state index in [0.29, 0.717) is 5.52 Å². The van der Waals surface area contributed by atoms with E-state index in [-0.39, 0.29) is 12.4 Å². The molecule has 0 aliphatic carbocycles. The van der Waals surface area contributed by atoms with Gasteiger partial charge in [-0.25, -0.2) is 0 Å². The highest BCUT2D eigenvalue weighted by Gasteiger charge is 2.16. The third-order valence-electron chi connectivity index (χ3n) is 4.04. The SMILES string of the molecule is OCc1cc(CN2CCCCC2)c(O)c2ncccc12. The Morgan fingerprint density at radius 1 is 1.15 bits per heavy atom. The van der Waals surface area contributed by atoms with Gasteiger partial charge in [-0.05, 0) is 43.6 Å². The van der Waals surface area contributed by atoms with Crippen molar-refractivity contribution in [2.24, 2.45) is 0 Å². The Morgan fingerprint density at radius 3 is 2.70 bits per heavy atom. The second-order valence-electron chi connectivity index (χ2n) is 5.44. The van der Waals surface area contributed by atoms with Crippen molar-refractivity contribution < 1.29 is 10.2 Å². The first kappa shape index (κ1) is 13.3. The summed E-state index contributed by atoms with van der Waals surface area (Å²) in [5.41, 5.74) is 2.28. The summed E-state index contributed by atoms with van der Waals surface area (Å²) >= 11 is 0. The summed E-state index contributed by atoms with van der Waals surface area (Å²) in [6.07, 6.45) is 5.41. The fraction of sp³-hybridized carbons (Fsp3) is 0.438. The van der Waals surface area contributed by atoms with E-state index in [4.69, 9.17) is 0 Å². The van der Waals surface area contributed by atoms with E-state index in [2.05, 4.69) is 9.88 Å². The molecule has 3 rings (SSSR count). The van der Waals surface area contributed by atoms with Crippen LogP contribution in [0.25, 0.3) is 10.9 Å². The molecule has 20 heavy (non-hydrogen) atoms. The first-order valence-corrected chi connectivity index (χ1v) is 7.21. The minimum absolute atomic E-state index is 0.0323. The third kappa shape index (κ3) is 2.49. The van der Waals surface area contributed by atoms with E-state index in [1.165, 1.54) is 19.3 Å². The molecule has 2 N–H and O–H groups in total. The van der Waals surface area contributed by atoms with E-state index >= 15 is 0 Å². The van der Waals surface area contributed by atoms with Gasteiger partial charge < -0.3 is 10.2 Å². The lowest BCUT2D eigenvalue weighted by Gasteiger charge is -2.27. The number of hydrogen-bond donors (Lipinski definition) is 2. The zero-order chi connectivity index (χ0) is 13.9. The highest BCUT2D eigenvalue weighted by Crippen LogP contribution is 2.31. The lowest BCUT2D eigenvalue weighted by atomic mass is 10.0. The van der Waals surface area contributed by atoms with Gasteiger partial charge in [0.25, 0.3) is 0 Å². The number of rotatable bonds is 3. The number of aliphatic hydroxyl groups excluding tert-OH is 1. The molecule has 0 bridgehead atoms. The number of aliphatic hydroxyl groups is 1. The van der Waals surface area contributed by atoms with Gasteiger partial charge in [0.15, 0.2) is 0 Å². The molecule has 0 radical (unpaired) electrons. The molecule has 0 unspecified atom stereocenters. The van der Waals surface area contributed by atoms with Gasteiger partial charge in [0, 0.05) is 23.7 Å². The molecule has 1 aliphatic heterocycles. The normalized spacial score (nSPS) is 16.6. The fourth-order valence-electron chi connectivity index (χ4n) is 2.97. The first-order valence-electron chi connectivity index (χ1n) is 7.21. The molecular weight excluding hydrogens is 252 g/mol. The van der Waals surface area contributed by atoms with Crippen LogP contribution >= 0.6 is 0 Å².